The largest absolute Gasteiger partial charge is 0.375 e. The Kier molecular flexibility index (Phi) is 4.71. The van der Waals surface area contributed by atoms with Crippen LogP contribution in [0.15, 0.2) is 54.6 Å². The van der Waals surface area contributed by atoms with E-state index in [1.54, 1.807) is 12.1 Å². The molecule has 0 spiro atoms. The van der Waals surface area contributed by atoms with Gasteiger partial charge in [-0.3, -0.25) is 4.79 Å². The fourth-order valence-corrected chi connectivity index (χ4v) is 3.44. The molecule has 3 aromatic rings. The molecular formula is C21H21FN2O2. The van der Waals surface area contributed by atoms with Gasteiger partial charge in [-0.15, -0.1) is 0 Å². The molecular weight excluding hydrogens is 331 g/mol. The molecule has 0 radical (unpaired) electrons. The first-order chi connectivity index (χ1) is 12.7. The number of halogens is 1. The number of carbonyl (C=O) groups is 1. The maximum absolute atomic E-state index is 13.4. The van der Waals surface area contributed by atoms with E-state index in [0.29, 0.717) is 30.8 Å². The quantitative estimate of drug-likeness (QED) is 0.777. The highest BCUT2D eigenvalue weighted by Crippen LogP contribution is 2.20. The van der Waals surface area contributed by atoms with E-state index in [2.05, 4.69) is 17.1 Å². The van der Waals surface area contributed by atoms with Gasteiger partial charge in [0.25, 0.3) is 5.91 Å². The van der Waals surface area contributed by atoms with Crippen molar-refractivity contribution in [2.75, 3.05) is 19.7 Å². The van der Waals surface area contributed by atoms with E-state index in [9.17, 15) is 9.18 Å². The molecule has 4 rings (SSSR count). The van der Waals surface area contributed by atoms with E-state index in [0.717, 1.165) is 18.4 Å². The van der Waals surface area contributed by atoms with Gasteiger partial charge in [0, 0.05) is 24.0 Å². The lowest BCUT2D eigenvalue weighted by Gasteiger charge is -2.32. The van der Waals surface area contributed by atoms with Crippen molar-refractivity contribution < 1.29 is 13.9 Å². The number of hydrogen-bond acceptors (Lipinski definition) is 2. The molecule has 1 aliphatic heterocycles. The number of fused-ring (bicyclic) bond motifs is 1. The topological polar surface area (TPSA) is 45.3 Å². The number of nitrogens with zero attached hydrogens (tertiary/aromatic N) is 1. The Balaban J connectivity index is 1.42. The molecule has 0 aliphatic carbocycles. The number of H-pyrrole nitrogens is 1. The summed E-state index contributed by atoms with van der Waals surface area (Å²) in [6.45, 7) is 1.69. The van der Waals surface area contributed by atoms with Crippen LogP contribution >= 0.6 is 0 Å². The second-order valence-corrected chi connectivity index (χ2v) is 6.68. The molecule has 4 nitrogen and oxygen atoms in total. The van der Waals surface area contributed by atoms with Crippen molar-refractivity contribution in [1.82, 2.24) is 9.88 Å². The van der Waals surface area contributed by atoms with Gasteiger partial charge in [0.1, 0.15) is 11.5 Å². The van der Waals surface area contributed by atoms with Crippen LogP contribution in [0.1, 0.15) is 22.5 Å². The molecule has 1 aromatic heterocycles. The maximum Gasteiger partial charge on any atom is 0.270 e. The van der Waals surface area contributed by atoms with Crippen molar-refractivity contribution in [2.45, 2.75) is 18.9 Å². The van der Waals surface area contributed by atoms with Crippen molar-refractivity contribution in [3.63, 3.8) is 0 Å². The van der Waals surface area contributed by atoms with Crippen molar-refractivity contribution in [3.05, 3.63) is 71.7 Å². The monoisotopic (exact) mass is 352 g/mol. The highest BCUT2D eigenvalue weighted by molar-refractivity contribution is 5.98. The number of morpholine rings is 1. The van der Waals surface area contributed by atoms with Gasteiger partial charge in [-0.05, 0) is 42.7 Å². The zero-order valence-electron chi connectivity index (χ0n) is 14.5. The van der Waals surface area contributed by atoms with Crippen LogP contribution in [-0.2, 0) is 11.2 Å². The Morgan fingerprint density at radius 1 is 1.19 bits per heavy atom. The molecule has 0 saturated carbocycles. The van der Waals surface area contributed by atoms with Crippen LogP contribution in [0.5, 0.6) is 0 Å². The molecule has 1 N–H and O–H groups in total. The van der Waals surface area contributed by atoms with E-state index in [1.807, 2.05) is 23.1 Å². The number of aromatic nitrogens is 1. The molecule has 5 heteroatoms. The number of rotatable bonds is 4. The SMILES string of the molecule is O=C(c1cc2cc(F)ccc2[nH]1)N1CCO[C@H](CCc2ccccc2)C1. The normalized spacial score (nSPS) is 17.6. The molecule has 1 amide bonds. The number of aromatic amines is 1. The molecule has 1 saturated heterocycles. The number of benzene rings is 2. The molecule has 26 heavy (non-hydrogen) atoms. The number of amides is 1. The maximum atomic E-state index is 13.4. The second kappa shape index (κ2) is 7.30. The van der Waals surface area contributed by atoms with Crippen molar-refractivity contribution in [2.24, 2.45) is 0 Å². The van der Waals surface area contributed by atoms with Gasteiger partial charge in [-0.2, -0.15) is 0 Å². The molecule has 1 atom stereocenters. The summed E-state index contributed by atoms with van der Waals surface area (Å²) in [5, 5.41) is 0.710. The highest BCUT2D eigenvalue weighted by Gasteiger charge is 2.25. The molecule has 0 bridgehead atoms. The minimum atomic E-state index is -0.303. The van der Waals surface area contributed by atoms with E-state index < -0.39 is 0 Å². The average Bonchev–Trinajstić information content (AvgIpc) is 3.10. The smallest absolute Gasteiger partial charge is 0.270 e. The average molecular weight is 352 g/mol. The zero-order valence-corrected chi connectivity index (χ0v) is 14.5. The summed E-state index contributed by atoms with van der Waals surface area (Å²) in [6.07, 6.45) is 1.85. The van der Waals surface area contributed by atoms with E-state index in [-0.39, 0.29) is 17.8 Å². The zero-order chi connectivity index (χ0) is 17.9. The first kappa shape index (κ1) is 16.8. The fraction of sp³-hybridized carbons (Fsp3) is 0.286. The summed E-state index contributed by atoms with van der Waals surface area (Å²) in [7, 11) is 0. The lowest BCUT2D eigenvalue weighted by Crippen LogP contribution is -2.45. The summed E-state index contributed by atoms with van der Waals surface area (Å²) < 4.78 is 19.2. The Labute approximate surface area is 151 Å². The van der Waals surface area contributed by atoms with Gasteiger partial charge in [0.15, 0.2) is 0 Å². The molecule has 1 fully saturated rings. The molecule has 0 unspecified atom stereocenters. The van der Waals surface area contributed by atoms with Gasteiger partial charge in [-0.25, -0.2) is 4.39 Å². The lowest BCUT2D eigenvalue weighted by molar-refractivity contribution is -0.0247. The molecule has 1 aliphatic rings. The summed E-state index contributed by atoms with van der Waals surface area (Å²) in [6, 6.07) is 16.5. The number of aryl methyl sites for hydroxylation is 1. The minimum absolute atomic E-state index is 0.0368. The molecule has 134 valence electrons. The standard InChI is InChI=1S/C21H21FN2O2/c22-17-7-9-19-16(12-17)13-20(23-19)21(25)24-10-11-26-18(14-24)8-6-15-4-2-1-3-5-15/h1-5,7,9,12-13,18,23H,6,8,10-11,14H2/t18-/m1/s1. The number of carbonyl (C=O) groups excluding carboxylic acids is 1. The predicted molar refractivity (Wildman–Crippen MR) is 98.7 cm³/mol. The molecule has 2 heterocycles. The lowest BCUT2D eigenvalue weighted by atomic mass is 10.1. The summed E-state index contributed by atoms with van der Waals surface area (Å²) >= 11 is 0. The predicted octanol–water partition coefficient (Wildman–Crippen LogP) is 3.78. The number of hydrogen-bond donors (Lipinski definition) is 1. The number of nitrogens with one attached hydrogen (secondary N) is 1. The second-order valence-electron chi connectivity index (χ2n) is 6.68. The molecule has 2 aromatic carbocycles. The Bertz CT molecular complexity index is 907. The van der Waals surface area contributed by atoms with Gasteiger partial charge in [0.2, 0.25) is 0 Å². The number of ether oxygens (including phenoxy) is 1. The van der Waals surface area contributed by atoms with E-state index in [4.69, 9.17) is 4.74 Å². The third-order valence-corrected chi connectivity index (χ3v) is 4.84. The van der Waals surface area contributed by atoms with Crippen LogP contribution in [0.2, 0.25) is 0 Å². The van der Waals surface area contributed by atoms with Crippen molar-refractivity contribution >= 4 is 16.8 Å². The van der Waals surface area contributed by atoms with Crippen LogP contribution in [0, 0.1) is 5.82 Å². The fourth-order valence-electron chi connectivity index (χ4n) is 3.44. The third-order valence-electron chi connectivity index (χ3n) is 4.84. The Morgan fingerprint density at radius 2 is 2.04 bits per heavy atom. The van der Waals surface area contributed by atoms with Crippen LogP contribution in [0.25, 0.3) is 10.9 Å². The minimum Gasteiger partial charge on any atom is -0.375 e. The Hall–Kier alpha value is -2.66. The van der Waals surface area contributed by atoms with E-state index >= 15 is 0 Å². The summed E-state index contributed by atoms with van der Waals surface area (Å²) in [5.41, 5.74) is 2.54. The third kappa shape index (κ3) is 3.63. The highest BCUT2D eigenvalue weighted by atomic mass is 19.1. The van der Waals surface area contributed by atoms with Gasteiger partial charge in [0.05, 0.1) is 12.7 Å². The Morgan fingerprint density at radius 3 is 2.88 bits per heavy atom. The van der Waals surface area contributed by atoms with Crippen LogP contribution in [0.4, 0.5) is 4.39 Å². The summed E-state index contributed by atoms with van der Waals surface area (Å²) in [5.74, 6) is -0.363. The first-order valence-electron chi connectivity index (χ1n) is 8.92. The van der Waals surface area contributed by atoms with Crippen LogP contribution in [-0.4, -0.2) is 41.6 Å². The van der Waals surface area contributed by atoms with Gasteiger partial charge >= 0.3 is 0 Å². The van der Waals surface area contributed by atoms with Gasteiger partial charge < -0.3 is 14.6 Å². The van der Waals surface area contributed by atoms with Crippen LogP contribution in [0.3, 0.4) is 0 Å². The first-order valence-corrected chi connectivity index (χ1v) is 8.92. The van der Waals surface area contributed by atoms with Crippen LogP contribution < -0.4 is 0 Å². The van der Waals surface area contributed by atoms with Crippen molar-refractivity contribution in [3.8, 4) is 0 Å². The summed E-state index contributed by atoms with van der Waals surface area (Å²) in [4.78, 5) is 17.7. The van der Waals surface area contributed by atoms with Crippen molar-refractivity contribution in [1.29, 1.82) is 0 Å². The van der Waals surface area contributed by atoms with E-state index in [1.165, 1.54) is 17.7 Å². The van der Waals surface area contributed by atoms with Gasteiger partial charge in [-0.1, -0.05) is 30.3 Å².